The smallest absolute Gasteiger partial charge is 0.319 e. The van der Waals surface area contributed by atoms with E-state index in [1.54, 1.807) is 6.92 Å². The van der Waals surface area contributed by atoms with E-state index in [9.17, 15) is 4.79 Å². The van der Waals surface area contributed by atoms with Crippen molar-refractivity contribution in [1.82, 2.24) is 0 Å². The van der Waals surface area contributed by atoms with E-state index in [2.05, 4.69) is 35.0 Å². The first kappa shape index (κ1) is 23.7. The maximum absolute atomic E-state index is 11.2. The van der Waals surface area contributed by atoms with Crippen LogP contribution in [0, 0.1) is 0 Å². The molecule has 0 bridgehead atoms. The van der Waals surface area contributed by atoms with Gasteiger partial charge in [0.05, 0.1) is 6.61 Å². The van der Waals surface area contributed by atoms with Crippen molar-refractivity contribution in [3.05, 3.63) is 12.2 Å². The Morgan fingerprint density at radius 3 is 1.79 bits per heavy atom. The second kappa shape index (κ2) is 19.0. The van der Waals surface area contributed by atoms with Gasteiger partial charge in [-0.2, -0.15) is 0 Å². The molecule has 142 valence electrons. The van der Waals surface area contributed by atoms with E-state index in [1.807, 2.05) is 0 Å². The van der Waals surface area contributed by atoms with Gasteiger partial charge in [-0.1, -0.05) is 92.8 Å². The van der Waals surface area contributed by atoms with Crippen molar-refractivity contribution in [3.63, 3.8) is 0 Å². The van der Waals surface area contributed by atoms with Crippen molar-refractivity contribution in [2.75, 3.05) is 6.61 Å². The minimum Gasteiger partial charge on any atom is -0.465 e. The van der Waals surface area contributed by atoms with Gasteiger partial charge in [0, 0.05) is 0 Å². The van der Waals surface area contributed by atoms with E-state index >= 15 is 0 Å². The van der Waals surface area contributed by atoms with Crippen LogP contribution >= 0.6 is 15.9 Å². The molecule has 2 nitrogen and oxygen atoms in total. The van der Waals surface area contributed by atoms with Crippen molar-refractivity contribution in [2.24, 2.45) is 0 Å². The van der Waals surface area contributed by atoms with E-state index < -0.39 is 0 Å². The van der Waals surface area contributed by atoms with Crippen LogP contribution in [0.1, 0.15) is 104 Å². The predicted octanol–water partition coefficient (Wildman–Crippen LogP) is 7.35. The molecule has 0 aromatic carbocycles. The van der Waals surface area contributed by atoms with Crippen LogP contribution in [-0.4, -0.2) is 17.4 Å². The molecular formula is C21H39BrO2. The largest absolute Gasteiger partial charge is 0.465 e. The Hall–Kier alpha value is -0.310. The lowest BCUT2D eigenvalue weighted by Crippen LogP contribution is -2.14. The summed E-state index contributed by atoms with van der Waals surface area (Å²) in [6.45, 7) is 4.63. The average Bonchev–Trinajstić information content (AvgIpc) is 2.57. The lowest BCUT2D eigenvalue weighted by Gasteiger charge is -2.05. The molecule has 0 aliphatic rings. The summed E-state index contributed by atoms with van der Waals surface area (Å²) >= 11 is 3.21. The van der Waals surface area contributed by atoms with Gasteiger partial charge in [-0.15, -0.1) is 0 Å². The normalized spacial score (nSPS) is 12.6. The number of hydrogen-bond acceptors (Lipinski definition) is 2. The summed E-state index contributed by atoms with van der Waals surface area (Å²) in [6.07, 6.45) is 22.9. The Kier molecular flexibility index (Phi) is 18.8. The van der Waals surface area contributed by atoms with Crippen LogP contribution in [0.15, 0.2) is 12.2 Å². The lowest BCUT2D eigenvalue weighted by atomic mass is 10.1. The highest BCUT2D eigenvalue weighted by Crippen LogP contribution is 2.10. The van der Waals surface area contributed by atoms with Gasteiger partial charge in [-0.05, 0) is 39.0 Å². The van der Waals surface area contributed by atoms with Gasteiger partial charge in [-0.25, -0.2) is 0 Å². The Morgan fingerprint density at radius 1 is 0.833 bits per heavy atom. The van der Waals surface area contributed by atoms with Crippen LogP contribution in [0.2, 0.25) is 0 Å². The number of halogens is 1. The van der Waals surface area contributed by atoms with Crippen molar-refractivity contribution < 1.29 is 9.53 Å². The number of alkyl halides is 1. The summed E-state index contributed by atoms with van der Waals surface area (Å²) in [7, 11) is 0. The second-order valence-corrected chi connectivity index (χ2v) is 8.09. The molecule has 0 amide bonds. The van der Waals surface area contributed by atoms with E-state index in [-0.39, 0.29) is 10.8 Å². The van der Waals surface area contributed by atoms with Gasteiger partial charge < -0.3 is 4.74 Å². The first-order valence-corrected chi connectivity index (χ1v) is 11.1. The molecule has 24 heavy (non-hydrogen) atoms. The summed E-state index contributed by atoms with van der Waals surface area (Å²) in [5.41, 5.74) is 0. The zero-order valence-corrected chi connectivity index (χ0v) is 17.6. The van der Waals surface area contributed by atoms with Crippen molar-refractivity contribution in [3.8, 4) is 0 Å². The molecule has 0 aromatic heterocycles. The third kappa shape index (κ3) is 18.0. The third-order valence-electron chi connectivity index (χ3n) is 4.23. The fourth-order valence-corrected chi connectivity index (χ4v) is 2.77. The molecule has 0 spiro atoms. The monoisotopic (exact) mass is 402 g/mol. The third-order valence-corrected chi connectivity index (χ3v) is 4.60. The number of unbranched alkanes of at least 4 members (excludes halogenated alkanes) is 12. The number of carbonyl (C=O) groups is 1. The van der Waals surface area contributed by atoms with E-state index in [0.717, 1.165) is 12.8 Å². The second-order valence-electron chi connectivity index (χ2n) is 6.72. The van der Waals surface area contributed by atoms with E-state index in [1.165, 1.54) is 77.0 Å². The molecule has 1 atom stereocenters. The molecule has 3 heteroatoms. The molecule has 0 aliphatic carbocycles. The first-order valence-electron chi connectivity index (χ1n) is 10.1. The SMILES string of the molecule is CCCCCCCC/C=C\CCCCCCCCOC(=O)C(C)Br. The molecule has 0 heterocycles. The Morgan fingerprint density at radius 2 is 1.29 bits per heavy atom. The molecule has 0 aliphatic heterocycles. The molecule has 1 unspecified atom stereocenters. The number of carbonyl (C=O) groups excluding carboxylic acids is 1. The van der Waals surface area contributed by atoms with Gasteiger partial charge in [0.25, 0.3) is 0 Å². The Bertz CT molecular complexity index is 300. The summed E-state index contributed by atoms with van der Waals surface area (Å²) in [4.78, 5) is 11.0. The fourth-order valence-electron chi connectivity index (χ4n) is 2.64. The lowest BCUT2D eigenvalue weighted by molar-refractivity contribution is -0.142. The zero-order chi connectivity index (χ0) is 17.9. The van der Waals surface area contributed by atoms with Crippen LogP contribution in [0.25, 0.3) is 0 Å². The quantitative estimate of drug-likeness (QED) is 0.110. The number of ether oxygens (including phenoxy) is 1. The minimum absolute atomic E-state index is 0.150. The predicted molar refractivity (Wildman–Crippen MR) is 109 cm³/mol. The average molecular weight is 403 g/mol. The van der Waals surface area contributed by atoms with Crippen LogP contribution in [0.3, 0.4) is 0 Å². The molecule has 0 N–H and O–H groups in total. The molecule has 0 aromatic rings. The summed E-state index contributed by atoms with van der Waals surface area (Å²) < 4.78 is 5.13. The summed E-state index contributed by atoms with van der Waals surface area (Å²) in [5, 5.41) is 0. The highest BCUT2D eigenvalue weighted by Gasteiger charge is 2.08. The van der Waals surface area contributed by atoms with Gasteiger partial charge in [0.1, 0.15) is 4.83 Å². The number of esters is 1. The first-order chi connectivity index (χ1) is 11.7. The highest BCUT2D eigenvalue weighted by molar-refractivity contribution is 9.10. The number of hydrogen-bond donors (Lipinski definition) is 0. The maximum atomic E-state index is 11.2. The molecular weight excluding hydrogens is 364 g/mol. The minimum atomic E-state index is -0.188. The van der Waals surface area contributed by atoms with Crippen LogP contribution in [0.4, 0.5) is 0 Å². The molecule has 0 saturated carbocycles. The van der Waals surface area contributed by atoms with Gasteiger partial charge in [0.15, 0.2) is 0 Å². The van der Waals surface area contributed by atoms with E-state index in [0.29, 0.717) is 6.61 Å². The summed E-state index contributed by atoms with van der Waals surface area (Å²) in [6, 6.07) is 0. The molecule has 0 rings (SSSR count). The highest BCUT2D eigenvalue weighted by atomic mass is 79.9. The standard InChI is InChI=1S/C21H39BrO2/c1-3-4-5-6-7-8-9-10-11-12-13-14-15-16-17-18-19-24-21(23)20(2)22/h10-11,20H,3-9,12-19H2,1-2H3/b11-10-. The molecule has 0 saturated heterocycles. The van der Waals surface area contributed by atoms with Crippen molar-refractivity contribution in [1.29, 1.82) is 0 Å². The van der Waals surface area contributed by atoms with Crippen LogP contribution < -0.4 is 0 Å². The topological polar surface area (TPSA) is 26.3 Å². The van der Waals surface area contributed by atoms with Crippen LogP contribution in [0.5, 0.6) is 0 Å². The van der Waals surface area contributed by atoms with Gasteiger partial charge >= 0.3 is 5.97 Å². The zero-order valence-electron chi connectivity index (χ0n) is 16.0. The van der Waals surface area contributed by atoms with Crippen molar-refractivity contribution in [2.45, 2.75) is 109 Å². The van der Waals surface area contributed by atoms with E-state index in [4.69, 9.17) is 4.74 Å². The molecule has 0 fully saturated rings. The Balaban J connectivity index is 3.14. The maximum Gasteiger partial charge on any atom is 0.319 e. The Labute approximate surface area is 158 Å². The fraction of sp³-hybridized carbons (Fsp3) is 0.857. The summed E-state index contributed by atoms with van der Waals surface area (Å²) in [5.74, 6) is -0.150. The van der Waals surface area contributed by atoms with Gasteiger partial charge in [-0.3, -0.25) is 4.79 Å². The van der Waals surface area contributed by atoms with Crippen molar-refractivity contribution >= 4 is 21.9 Å². The number of rotatable bonds is 17. The molecule has 0 radical (unpaired) electrons. The number of allylic oxidation sites excluding steroid dienone is 2. The van der Waals surface area contributed by atoms with Gasteiger partial charge in [0.2, 0.25) is 0 Å². The van der Waals surface area contributed by atoms with Crippen LogP contribution in [-0.2, 0) is 9.53 Å².